The van der Waals surface area contributed by atoms with Gasteiger partial charge in [-0.3, -0.25) is 4.79 Å². The van der Waals surface area contributed by atoms with Gasteiger partial charge in [-0.15, -0.1) is 0 Å². The van der Waals surface area contributed by atoms with Crippen molar-refractivity contribution in [3.05, 3.63) is 95.1 Å². The average molecular weight is 443 g/mol. The number of nitrogens with zero attached hydrogens (tertiary/aromatic N) is 1. The predicted molar refractivity (Wildman–Crippen MR) is 113 cm³/mol. The van der Waals surface area contributed by atoms with Crippen LogP contribution >= 0.6 is 0 Å². The fraction of sp³-hybridized carbons (Fsp3) is 0.167. The third-order valence-electron chi connectivity index (χ3n) is 4.54. The lowest BCUT2D eigenvalue weighted by atomic mass is 10.1. The van der Waals surface area contributed by atoms with Crippen molar-refractivity contribution in [1.29, 1.82) is 0 Å². The van der Waals surface area contributed by atoms with Crippen molar-refractivity contribution in [2.45, 2.75) is 19.7 Å². The molecule has 32 heavy (non-hydrogen) atoms. The normalized spacial score (nSPS) is 11.8. The number of ether oxygens (including phenoxy) is 1. The van der Waals surface area contributed by atoms with E-state index in [1.807, 2.05) is 6.07 Å². The number of aromatic hydroxyl groups is 1. The summed E-state index contributed by atoms with van der Waals surface area (Å²) in [5.74, 6) is 0.00613. The van der Waals surface area contributed by atoms with Gasteiger partial charge in [0.25, 0.3) is 0 Å². The van der Waals surface area contributed by atoms with Crippen LogP contribution in [-0.2, 0) is 17.6 Å². The molecule has 8 heteroatoms. The standard InChI is InChI=1S/C24H20F3NO4/c1-16(28-32-14-17-7-9-19(10-8-17)24(25,26)27)21-12-11-20(13-22(21)29)31-15-23(30)18-5-3-2-4-6-18/h2-13,29H,14-15H2,1H3/b28-16+. The van der Waals surface area contributed by atoms with Crippen molar-refractivity contribution in [3.8, 4) is 11.5 Å². The highest BCUT2D eigenvalue weighted by Gasteiger charge is 2.29. The zero-order valence-corrected chi connectivity index (χ0v) is 17.1. The van der Waals surface area contributed by atoms with Crippen LogP contribution < -0.4 is 4.74 Å². The Kier molecular flexibility index (Phi) is 7.14. The van der Waals surface area contributed by atoms with Crippen LogP contribution in [0.2, 0.25) is 0 Å². The van der Waals surface area contributed by atoms with Crippen LogP contribution in [0.1, 0.15) is 34.0 Å². The number of ketones is 1. The molecule has 0 amide bonds. The molecule has 3 rings (SSSR count). The summed E-state index contributed by atoms with van der Waals surface area (Å²) in [6, 6.07) is 17.8. The Hall–Kier alpha value is -3.81. The summed E-state index contributed by atoms with van der Waals surface area (Å²) in [6.45, 7) is 1.41. The summed E-state index contributed by atoms with van der Waals surface area (Å²) in [5, 5.41) is 14.2. The summed E-state index contributed by atoms with van der Waals surface area (Å²) in [5.41, 5.74) is 1.06. The molecule has 0 atom stereocenters. The van der Waals surface area contributed by atoms with Crippen LogP contribution in [0.5, 0.6) is 11.5 Å². The van der Waals surface area contributed by atoms with Gasteiger partial charge in [-0.1, -0.05) is 47.6 Å². The van der Waals surface area contributed by atoms with Crippen LogP contribution in [0.3, 0.4) is 0 Å². The molecule has 0 bridgehead atoms. The van der Waals surface area contributed by atoms with E-state index in [0.29, 0.717) is 28.2 Å². The van der Waals surface area contributed by atoms with Gasteiger partial charge in [0.2, 0.25) is 0 Å². The van der Waals surface area contributed by atoms with E-state index in [2.05, 4.69) is 5.16 Å². The number of carbonyl (C=O) groups is 1. The van der Waals surface area contributed by atoms with Gasteiger partial charge >= 0.3 is 6.18 Å². The lowest BCUT2D eigenvalue weighted by molar-refractivity contribution is -0.137. The Morgan fingerprint density at radius 2 is 1.69 bits per heavy atom. The number of halogens is 3. The van der Waals surface area contributed by atoms with Gasteiger partial charge in [-0.05, 0) is 36.8 Å². The number of benzene rings is 3. The summed E-state index contributed by atoms with van der Waals surface area (Å²) < 4.78 is 43.2. The molecule has 5 nitrogen and oxygen atoms in total. The second-order valence-electron chi connectivity index (χ2n) is 6.90. The molecule has 0 spiro atoms. The van der Waals surface area contributed by atoms with E-state index in [9.17, 15) is 23.1 Å². The summed E-state index contributed by atoms with van der Waals surface area (Å²) in [4.78, 5) is 17.3. The Balaban J connectivity index is 1.56. The molecule has 0 radical (unpaired) electrons. The summed E-state index contributed by atoms with van der Waals surface area (Å²) in [6.07, 6.45) is -4.39. The van der Waals surface area contributed by atoms with Crippen molar-refractivity contribution in [1.82, 2.24) is 0 Å². The zero-order valence-electron chi connectivity index (χ0n) is 17.1. The van der Waals surface area contributed by atoms with Crippen molar-refractivity contribution < 1.29 is 32.6 Å². The number of hydrogen-bond acceptors (Lipinski definition) is 5. The van der Waals surface area contributed by atoms with Crippen LogP contribution in [0.15, 0.2) is 78.0 Å². The molecule has 0 aliphatic carbocycles. The van der Waals surface area contributed by atoms with E-state index >= 15 is 0 Å². The molecule has 0 aliphatic heterocycles. The first-order valence-electron chi connectivity index (χ1n) is 9.61. The van der Waals surface area contributed by atoms with Crippen LogP contribution in [0.4, 0.5) is 13.2 Å². The molecule has 0 saturated carbocycles. The van der Waals surface area contributed by atoms with Crippen molar-refractivity contribution in [2.24, 2.45) is 5.16 Å². The Morgan fingerprint density at radius 1 is 1.00 bits per heavy atom. The predicted octanol–water partition coefficient (Wildman–Crippen LogP) is 5.61. The molecule has 3 aromatic carbocycles. The molecular weight excluding hydrogens is 423 g/mol. The second-order valence-corrected chi connectivity index (χ2v) is 6.90. The van der Waals surface area contributed by atoms with Gasteiger partial charge in [-0.25, -0.2) is 0 Å². The van der Waals surface area contributed by atoms with E-state index < -0.39 is 11.7 Å². The maximum absolute atomic E-state index is 12.6. The minimum absolute atomic E-state index is 0.0287. The molecule has 0 aromatic heterocycles. The number of rotatable bonds is 8. The second kappa shape index (κ2) is 10.00. The van der Waals surface area contributed by atoms with E-state index in [0.717, 1.165) is 12.1 Å². The van der Waals surface area contributed by atoms with Crippen LogP contribution in [0.25, 0.3) is 0 Å². The average Bonchev–Trinajstić information content (AvgIpc) is 2.77. The van der Waals surface area contributed by atoms with Crippen LogP contribution in [-0.4, -0.2) is 23.2 Å². The highest BCUT2D eigenvalue weighted by atomic mass is 19.4. The highest BCUT2D eigenvalue weighted by molar-refractivity contribution is 6.01. The summed E-state index contributed by atoms with van der Waals surface area (Å²) >= 11 is 0. The van der Waals surface area contributed by atoms with E-state index in [4.69, 9.17) is 9.57 Å². The Morgan fingerprint density at radius 3 is 2.31 bits per heavy atom. The first-order valence-corrected chi connectivity index (χ1v) is 9.61. The number of oxime groups is 1. The maximum atomic E-state index is 12.6. The van der Waals surface area contributed by atoms with Gasteiger partial charge in [0.1, 0.15) is 18.1 Å². The molecule has 0 saturated heterocycles. The van der Waals surface area contributed by atoms with Gasteiger partial charge in [0.15, 0.2) is 12.4 Å². The Bertz CT molecular complexity index is 1090. The number of Topliss-reactive ketones (excluding diaryl/α,β-unsaturated/α-hetero) is 1. The molecule has 1 N–H and O–H groups in total. The van der Waals surface area contributed by atoms with Crippen molar-refractivity contribution in [3.63, 3.8) is 0 Å². The van der Waals surface area contributed by atoms with E-state index in [1.54, 1.807) is 43.3 Å². The zero-order chi connectivity index (χ0) is 23.1. The number of hydrogen-bond donors (Lipinski definition) is 1. The number of alkyl halides is 3. The lowest BCUT2D eigenvalue weighted by Gasteiger charge is -2.09. The maximum Gasteiger partial charge on any atom is 0.416 e. The number of phenols is 1. The highest BCUT2D eigenvalue weighted by Crippen LogP contribution is 2.29. The monoisotopic (exact) mass is 443 g/mol. The molecule has 0 unspecified atom stereocenters. The topological polar surface area (TPSA) is 68.1 Å². The smallest absolute Gasteiger partial charge is 0.416 e. The molecule has 0 heterocycles. The minimum atomic E-state index is -4.39. The van der Waals surface area contributed by atoms with E-state index in [1.165, 1.54) is 18.2 Å². The third-order valence-corrected chi connectivity index (χ3v) is 4.54. The fourth-order valence-electron chi connectivity index (χ4n) is 2.81. The first kappa shape index (κ1) is 22.9. The number of carbonyl (C=O) groups excluding carboxylic acids is 1. The van der Waals surface area contributed by atoms with Crippen LogP contribution in [0, 0.1) is 0 Å². The van der Waals surface area contributed by atoms with Gasteiger partial charge in [0, 0.05) is 17.2 Å². The van der Waals surface area contributed by atoms with E-state index in [-0.39, 0.29) is 24.7 Å². The molecule has 166 valence electrons. The van der Waals surface area contributed by atoms with Gasteiger partial charge in [0.05, 0.1) is 11.3 Å². The quantitative estimate of drug-likeness (QED) is 0.279. The molecule has 0 fully saturated rings. The summed E-state index contributed by atoms with van der Waals surface area (Å²) in [7, 11) is 0. The molecular formula is C24H20F3NO4. The number of phenolic OH excluding ortho intramolecular Hbond substituents is 1. The van der Waals surface area contributed by atoms with Crippen molar-refractivity contribution in [2.75, 3.05) is 6.61 Å². The first-order chi connectivity index (χ1) is 15.2. The molecule has 0 aliphatic rings. The minimum Gasteiger partial charge on any atom is -0.507 e. The largest absolute Gasteiger partial charge is 0.507 e. The molecule has 3 aromatic rings. The van der Waals surface area contributed by atoms with Gasteiger partial charge < -0.3 is 14.7 Å². The Labute approximate surface area is 182 Å². The third kappa shape index (κ3) is 6.10. The fourth-order valence-corrected chi connectivity index (χ4v) is 2.81. The van der Waals surface area contributed by atoms with Crippen molar-refractivity contribution >= 4 is 11.5 Å². The SMILES string of the molecule is C/C(=N\OCc1ccc(C(F)(F)F)cc1)c1ccc(OCC(=O)c2ccccc2)cc1O. The lowest BCUT2D eigenvalue weighted by Crippen LogP contribution is -2.11. The van der Waals surface area contributed by atoms with Gasteiger partial charge in [-0.2, -0.15) is 13.2 Å².